The van der Waals surface area contributed by atoms with E-state index in [9.17, 15) is 9.59 Å². The van der Waals surface area contributed by atoms with E-state index in [-0.39, 0.29) is 18.4 Å². The summed E-state index contributed by atoms with van der Waals surface area (Å²) in [7, 11) is 0. The average Bonchev–Trinajstić information content (AvgIpc) is 2.66. The smallest absolute Gasteiger partial charge is 0.243 e. The van der Waals surface area contributed by atoms with Crippen LogP contribution in [0.15, 0.2) is 48.5 Å². The summed E-state index contributed by atoms with van der Waals surface area (Å²) < 4.78 is 5.62. The third kappa shape index (κ3) is 7.40. The van der Waals surface area contributed by atoms with Crippen molar-refractivity contribution in [2.45, 2.75) is 27.2 Å². The molecule has 0 heterocycles. The van der Waals surface area contributed by atoms with Crippen molar-refractivity contribution in [1.82, 2.24) is 0 Å². The predicted octanol–water partition coefficient (Wildman–Crippen LogP) is 4.12. The van der Waals surface area contributed by atoms with E-state index < -0.39 is 0 Å². The Hall–Kier alpha value is -3.02. The van der Waals surface area contributed by atoms with Crippen molar-refractivity contribution in [1.29, 1.82) is 0 Å². The number of benzene rings is 2. The summed E-state index contributed by atoms with van der Waals surface area (Å²) in [5, 5.41) is 8.67. The Morgan fingerprint density at radius 1 is 0.852 bits per heavy atom. The first-order chi connectivity index (χ1) is 13.0. The van der Waals surface area contributed by atoms with Crippen molar-refractivity contribution in [2.24, 2.45) is 5.92 Å². The Balaban J connectivity index is 1.78. The molecule has 0 unspecified atom stereocenters. The summed E-state index contributed by atoms with van der Waals surface area (Å²) in [5.74, 6) is 1.08. The van der Waals surface area contributed by atoms with Crippen LogP contribution < -0.4 is 20.7 Å². The molecule has 6 nitrogen and oxygen atoms in total. The lowest BCUT2D eigenvalue weighted by Gasteiger charge is -2.11. The van der Waals surface area contributed by atoms with E-state index in [0.717, 1.165) is 22.8 Å². The molecule has 27 heavy (non-hydrogen) atoms. The topological polar surface area (TPSA) is 79.5 Å². The molecule has 0 spiro atoms. The molecule has 0 saturated carbocycles. The third-order valence-electron chi connectivity index (χ3n) is 3.66. The average molecular weight is 369 g/mol. The third-order valence-corrected chi connectivity index (χ3v) is 3.66. The number of carbonyl (C=O) groups is 2. The van der Waals surface area contributed by atoms with Gasteiger partial charge >= 0.3 is 0 Å². The summed E-state index contributed by atoms with van der Waals surface area (Å²) in [6.45, 7) is 6.80. The summed E-state index contributed by atoms with van der Waals surface area (Å²) in [6, 6.07) is 14.5. The first kappa shape index (κ1) is 20.3. The normalized spacial score (nSPS) is 10.4. The van der Waals surface area contributed by atoms with Gasteiger partial charge in [-0.25, -0.2) is 0 Å². The summed E-state index contributed by atoms with van der Waals surface area (Å²) in [6.07, 6.45) is 0.436. The van der Waals surface area contributed by atoms with E-state index in [1.807, 2.05) is 36.4 Å². The number of hydrogen-bond acceptors (Lipinski definition) is 4. The van der Waals surface area contributed by atoms with Crippen molar-refractivity contribution >= 4 is 28.9 Å². The van der Waals surface area contributed by atoms with Crippen LogP contribution in [0.4, 0.5) is 17.1 Å². The molecule has 0 radical (unpaired) electrons. The van der Waals surface area contributed by atoms with E-state index in [1.54, 1.807) is 19.1 Å². The van der Waals surface area contributed by atoms with Gasteiger partial charge in [-0.3, -0.25) is 9.59 Å². The predicted molar refractivity (Wildman–Crippen MR) is 109 cm³/mol. The molecular weight excluding hydrogens is 342 g/mol. The first-order valence-electron chi connectivity index (χ1n) is 9.12. The van der Waals surface area contributed by atoms with Gasteiger partial charge < -0.3 is 20.7 Å². The SMILES string of the molecule is CCC(=O)Nc1ccc(NCC(=O)Nc2ccc(OCC(C)C)cc2)cc1. The fourth-order valence-corrected chi connectivity index (χ4v) is 2.21. The fraction of sp³-hybridized carbons (Fsp3) is 0.333. The zero-order valence-corrected chi connectivity index (χ0v) is 16.0. The molecule has 0 bridgehead atoms. The Labute approximate surface area is 160 Å². The van der Waals surface area contributed by atoms with Gasteiger partial charge in [0.15, 0.2) is 0 Å². The Kier molecular flexibility index (Phi) is 7.67. The Morgan fingerprint density at radius 3 is 1.93 bits per heavy atom. The highest BCUT2D eigenvalue weighted by atomic mass is 16.5. The lowest BCUT2D eigenvalue weighted by Crippen LogP contribution is -2.21. The minimum absolute atomic E-state index is 0.0317. The number of rotatable bonds is 9. The van der Waals surface area contributed by atoms with Gasteiger partial charge in [0.25, 0.3) is 0 Å². The maximum absolute atomic E-state index is 12.1. The molecule has 3 N–H and O–H groups in total. The van der Waals surface area contributed by atoms with Gasteiger partial charge in [-0.2, -0.15) is 0 Å². The van der Waals surface area contributed by atoms with Gasteiger partial charge in [-0.1, -0.05) is 20.8 Å². The minimum Gasteiger partial charge on any atom is -0.493 e. The van der Waals surface area contributed by atoms with Crippen LogP contribution in [0.3, 0.4) is 0 Å². The molecule has 2 aromatic rings. The second kappa shape index (κ2) is 10.2. The maximum Gasteiger partial charge on any atom is 0.243 e. The molecule has 0 aromatic heterocycles. The van der Waals surface area contributed by atoms with Crippen LogP contribution >= 0.6 is 0 Å². The molecule has 0 aliphatic rings. The highest BCUT2D eigenvalue weighted by Gasteiger charge is 2.04. The van der Waals surface area contributed by atoms with Crippen LogP contribution in [-0.4, -0.2) is 25.0 Å². The summed E-state index contributed by atoms with van der Waals surface area (Å²) in [4.78, 5) is 23.4. The zero-order chi connectivity index (χ0) is 19.6. The van der Waals surface area contributed by atoms with Gasteiger partial charge in [0, 0.05) is 23.5 Å². The summed E-state index contributed by atoms with van der Waals surface area (Å²) in [5.41, 5.74) is 2.25. The van der Waals surface area contributed by atoms with E-state index in [4.69, 9.17) is 4.74 Å². The number of nitrogens with one attached hydrogen (secondary N) is 3. The Morgan fingerprint density at radius 2 is 1.37 bits per heavy atom. The molecule has 6 heteroatoms. The standard InChI is InChI=1S/C21H27N3O3/c1-4-20(25)23-17-7-5-16(6-8-17)22-13-21(26)24-18-9-11-19(12-10-18)27-14-15(2)3/h5-12,15,22H,4,13-14H2,1-3H3,(H,23,25)(H,24,26). The molecule has 2 aromatic carbocycles. The monoisotopic (exact) mass is 369 g/mol. The molecule has 2 amide bonds. The van der Waals surface area contributed by atoms with Crippen LogP contribution in [0.2, 0.25) is 0 Å². The van der Waals surface area contributed by atoms with Crippen molar-refractivity contribution in [3.05, 3.63) is 48.5 Å². The van der Waals surface area contributed by atoms with Gasteiger partial charge in [0.05, 0.1) is 13.2 Å². The number of carbonyl (C=O) groups excluding carboxylic acids is 2. The highest BCUT2D eigenvalue weighted by molar-refractivity contribution is 5.94. The van der Waals surface area contributed by atoms with Crippen molar-refractivity contribution in [3.63, 3.8) is 0 Å². The second-order valence-corrected chi connectivity index (χ2v) is 6.61. The van der Waals surface area contributed by atoms with E-state index in [0.29, 0.717) is 18.9 Å². The molecule has 2 rings (SSSR count). The Bertz CT molecular complexity index is 740. The van der Waals surface area contributed by atoms with Crippen LogP contribution in [-0.2, 0) is 9.59 Å². The van der Waals surface area contributed by atoms with Crippen molar-refractivity contribution in [2.75, 3.05) is 29.1 Å². The fourth-order valence-electron chi connectivity index (χ4n) is 2.21. The van der Waals surface area contributed by atoms with E-state index >= 15 is 0 Å². The molecule has 144 valence electrons. The van der Waals surface area contributed by atoms with Gasteiger partial charge in [0.2, 0.25) is 11.8 Å². The highest BCUT2D eigenvalue weighted by Crippen LogP contribution is 2.17. The summed E-state index contributed by atoms with van der Waals surface area (Å²) >= 11 is 0. The zero-order valence-electron chi connectivity index (χ0n) is 16.0. The number of anilines is 3. The van der Waals surface area contributed by atoms with Crippen molar-refractivity contribution < 1.29 is 14.3 Å². The van der Waals surface area contributed by atoms with Crippen LogP contribution in [0.25, 0.3) is 0 Å². The lowest BCUT2D eigenvalue weighted by molar-refractivity contribution is -0.116. The minimum atomic E-state index is -0.144. The molecule has 0 fully saturated rings. The molecule has 0 aliphatic heterocycles. The van der Waals surface area contributed by atoms with Crippen LogP contribution in [0, 0.1) is 5.92 Å². The van der Waals surface area contributed by atoms with Gasteiger partial charge in [0.1, 0.15) is 5.75 Å². The van der Waals surface area contributed by atoms with Gasteiger partial charge in [-0.05, 0) is 54.4 Å². The number of hydrogen-bond donors (Lipinski definition) is 3. The van der Waals surface area contributed by atoms with Gasteiger partial charge in [-0.15, -0.1) is 0 Å². The largest absolute Gasteiger partial charge is 0.493 e. The lowest BCUT2D eigenvalue weighted by atomic mass is 10.2. The van der Waals surface area contributed by atoms with Crippen LogP contribution in [0.1, 0.15) is 27.2 Å². The van der Waals surface area contributed by atoms with E-state index in [1.165, 1.54) is 0 Å². The van der Waals surface area contributed by atoms with E-state index in [2.05, 4.69) is 29.8 Å². The van der Waals surface area contributed by atoms with Crippen molar-refractivity contribution in [3.8, 4) is 5.75 Å². The van der Waals surface area contributed by atoms with Crippen LogP contribution in [0.5, 0.6) is 5.75 Å². The number of amides is 2. The molecule has 0 aliphatic carbocycles. The number of ether oxygens (including phenoxy) is 1. The quantitative estimate of drug-likeness (QED) is 0.621. The molecule has 0 saturated heterocycles. The maximum atomic E-state index is 12.1. The molecule has 0 atom stereocenters. The first-order valence-corrected chi connectivity index (χ1v) is 9.12. The molecular formula is C21H27N3O3. The second-order valence-electron chi connectivity index (χ2n) is 6.61.